The predicted octanol–water partition coefficient (Wildman–Crippen LogP) is 4.73. The number of hydrogen-bond donors (Lipinski definition) is 0. The molecule has 3 aromatic heterocycles. The van der Waals surface area contributed by atoms with Gasteiger partial charge in [-0.05, 0) is 36.2 Å². The van der Waals surface area contributed by atoms with Crippen LogP contribution in [0.2, 0.25) is 0 Å². The molecule has 36 heavy (non-hydrogen) atoms. The maximum atomic E-state index is 14.6. The van der Waals surface area contributed by atoms with Crippen molar-refractivity contribution in [3.63, 3.8) is 0 Å². The van der Waals surface area contributed by atoms with Crippen molar-refractivity contribution in [1.82, 2.24) is 35.0 Å². The molecule has 8 nitrogen and oxygen atoms in total. The van der Waals surface area contributed by atoms with E-state index < -0.39 is 12.0 Å². The number of likely N-dealkylation sites (tertiary alicyclic amines) is 1. The fraction of sp³-hybridized carbons (Fsp3) is 0.192. The van der Waals surface area contributed by atoms with Gasteiger partial charge in [0.1, 0.15) is 23.4 Å². The average molecular weight is 485 g/mol. The van der Waals surface area contributed by atoms with Crippen molar-refractivity contribution < 1.29 is 13.3 Å². The Balaban J connectivity index is 1.33. The van der Waals surface area contributed by atoms with Crippen LogP contribution in [-0.4, -0.2) is 54.3 Å². The topological polar surface area (TPSA) is 85.8 Å². The molecule has 0 N–H and O–H groups in total. The molecule has 0 radical (unpaired) electrons. The van der Waals surface area contributed by atoms with Gasteiger partial charge in [0.2, 0.25) is 5.82 Å². The zero-order valence-corrected chi connectivity index (χ0v) is 19.1. The van der Waals surface area contributed by atoms with Crippen LogP contribution >= 0.6 is 0 Å². The molecule has 6 rings (SSSR count). The van der Waals surface area contributed by atoms with Gasteiger partial charge in [0.15, 0.2) is 5.69 Å². The van der Waals surface area contributed by atoms with Gasteiger partial charge in [0.25, 0.3) is 5.89 Å². The lowest BCUT2D eigenvalue weighted by Crippen LogP contribution is -2.20. The van der Waals surface area contributed by atoms with E-state index in [0.29, 0.717) is 36.7 Å². The number of alkyl halides is 1. The average Bonchev–Trinajstić information content (AvgIpc) is 3.65. The summed E-state index contributed by atoms with van der Waals surface area (Å²) in [6.45, 7) is 1.94. The van der Waals surface area contributed by atoms with Crippen molar-refractivity contribution in [1.29, 1.82) is 0 Å². The van der Waals surface area contributed by atoms with E-state index in [9.17, 15) is 8.78 Å². The fourth-order valence-electron chi connectivity index (χ4n) is 4.37. The normalized spacial score (nSPS) is 16.0. The maximum Gasteiger partial charge on any atom is 0.281 e. The number of nitrogens with zero attached hydrogens (tertiary/aromatic N) is 7. The molecule has 1 saturated heterocycles. The number of halogens is 2. The van der Waals surface area contributed by atoms with Gasteiger partial charge in [-0.1, -0.05) is 46.8 Å². The lowest BCUT2D eigenvalue weighted by atomic mass is 10.1. The molecular weight excluding hydrogens is 464 g/mol. The predicted molar refractivity (Wildman–Crippen MR) is 128 cm³/mol. The second-order valence-corrected chi connectivity index (χ2v) is 8.63. The van der Waals surface area contributed by atoms with Gasteiger partial charge < -0.3 is 4.52 Å². The summed E-state index contributed by atoms with van der Waals surface area (Å²) < 4.78 is 35.0. The molecule has 0 spiro atoms. The van der Waals surface area contributed by atoms with Crippen molar-refractivity contribution in [3.8, 4) is 39.9 Å². The third kappa shape index (κ3) is 4.27. The molecule has 1 fully saturated rings. The Bertz CT molecular complexity index is 1480. The van der Waals surface area contributed by atoms with Gasteiger partial charge in [0, 0.05) is 43.2 Å². The smallest absolute Gasteiger partial charge is 0.281 e. The third-order valence-corrected chi connectivity index (χ3v) is 6.17. The minimum atomic E-state index is -0.740. The highest BCUT2D eigenvalue weighted by Gasteiger charge is 2.25. The zero-order chi connectivity index (χ0) is 24.5. The maximum absolute atomic E-state index is 14.6. The largest absolute Gasteiger partial charge is 0.332 e. The van der Waals surface area contributed by atoms with Crippen molar-refractivity contribution in [3.05, 3.63) is 84.4 Å². The van der Waals surface area contributed by atoms with Gasteiger partial charge >= 0.3 is 0 Å². The van der Waals surface area contributed by atoms with Gasteiger partial charge in [-0.15, -0.1) is 5.10 Å². The van der Waals surface area contributed by atoms with Crippen LogP contribution in [0.3, 0.4) is 0 Å². The van der Waals surface area contributed by atoms with E-state index in [2.05, 4.69) is 30.3 Å². The summed E-state index contributed by atoms with van der Waals surface area (Å²) in [6.07, 6.45) is 3.12. The second-order valence-electron chi connectivity index (χ2n) is 8.63. The van der Waals surface area contributed by atoms with Crippen molar-refractivity contribution in [2.24, 2.45) is 0 Å². The molecule has 0 bridgehead atoms. The quantitative estimate of drug-likeness (QED) is 0.344. The Morgan fingerprint density at radius 3 is 2.53 bits per heavy atom. The van der Waals surface area contributed by atoms with E-state index in [-0.39, 0.29) is 11.6 Å². The number of benzene rings is 2. The van der Waals surface area contributed by atoms with E-state index in [1.54, 1.807) is 42.7 Å². The van der Waals surface area contributed by atoms with Crippen LogP contribution in [0.25, 0.3) is 39.9 Å². The highest BCUT2D eigenvalue weighted by molar-refractivity contribution is 5.76. The number of para-hydroxylation sites is 1. The Hall–Kier alpha value is -4.31. The van der Waals surface area contributed by atoms with Crippen LogP contribution in [-0.2, 0) is 6.54 Å². The Labute approximate surface area is 205 Å². The first-order valence-electron chi connectivity index (χ1n) is 11.6. The van der Waals surface area contributed by atoms with Crippen molar-refractivity contribution in [2.75, 3.05) is 13.1 Å². The molecule has 0 amide bonds. The van der Waals surface area contributed by atoms with Gasteiger partial charge in [0.05, 0.1) is 0 Å². The highest BCUT2D eigenvalue weighted by Crippen LogP contribution is 2.32. The summed E-state index contributed by atoms with van der Waals surface area (Å²) in [7, 11) is 0. The second kappa shape index (κ2) is 9.38. The molecule has 5 aromatic rings. The summed E-state index contributed by atoms with van der Waals surface area (Å²) in [5.74, 6) is 0.115. The molecule has 2 aromatic carbocycles. The molecule has 10 heteroatoms. The SMILES string of the molecule is Fc1ccccc1-n1nnc(-c2nc(-c3ccc(CN4CCC(F)C4)cc3)no2)c1-c1ccncc1. The van der Waals surface area contributed by atoms with Crippen LogP contribution in [0.5, 0.6) is 0 Å². The summed E-state index contributed by atoms with van der Waals surface area (Å²) in [4.78, 5) is 10.7. The zero-order valence-electron chi connectivity index (χ0n) is 19.1. The fourth-order valence-corrected chi connectivity index (χ4v) is 4.37. The van der Waals surface area contributed by atoms with Gasteiger partial charge in [-0.2, -0.15) is 4.98 Å². The standard InChI is InChI=1S/C26H21F2N7O/c27-20-11-14-34(16-20)15-17-5-7-19(8-6-17)25-30-26(36-32-25)23-24(18-9-12-29-13-10-18)35(33-31-23)22-4-2-1-3-21(22)28/h1-10,12-13,20H,11,14-16H2. The molecule has 1 unspecified atom stereocenters. The van der Waals surface area contributed by atoms with E-state index >= 15 is 0 Å². The van der Waals surface area contributed by atoms with Crippen molar-refractivity contribution >= 4 is 0 Å². The third-order valence-electron chi connectivity index (χ3n) is 6.17. The van der Waals surface area contributed by atoms with Crippen LogP contribution in [0.1, 0.15) is 12.0 Å². The molecule has 1 aliphatic rings. The number of rotatable bonds is 6. The monoisotopic (exact) mass is 485 g/mol. The van der Waals surface area contributed by atoms with Crippen molar-refractivity contribution in [2.45, 2.75) is 19.1 Å². The van der Waals surface area contributed by atoms with Gasteiger partial charge in [-0.25, -0.2) is 13.5 Å². The number of hydrogen-bond acceptors (Lipinski definition) is 7. The van der Waals surface area contributed by atoms with E-state index in [1.165, 1.54) is 10.7 Å². The molecule has 4 heterocycles. The summed E-state index contributed by atoms with van der Waals surface area (Å²) in [6, 6.07) is 17.7. The Kier molecular flexibility index (Phi) is 5.78. The lowest BCUT2D eigenvalue weighted by molar-refractivity contribution is 0.282. The highest BCUT2D eigenvalue weighted by atomic mass is 19.1. The first-order chi connectivity index (χ1) is 17.7. The number of aromatic nitrogens is 6. The van der Waals surface area contributed by atoms with Gasteiger partial charge in [-0.3, -0.25) is 9.88 Å². The van der Waals surface area contributed by atoms with Crippen LogP contribution in [0.15, 0.2) is 77.6 Å². The molecular formula is C26H21F2N7O. The van der Waals surface area contributed by atoms with E-state index in [0.717, 1.165) is 23.2 Å². The molecule has 0 aliphatic carbocycles. The lowest BCUT2D eigenvalue weighted by Gasteiger charge is -2.14. The first-order valence-corrected chi connectivity index (χ1v) is 11.6. The Morgan fingerprint density at radius 2 is 1.78 bits per heavy atom. The van der Waals surface area contributed by atoms with Crippen LogP contribution in [0, 0.1) is 5.82 Å². The minimum Gasteiger partial charge on any atom is -0.332 e. The van der Waals surface area contributed by atoms with E-state index in [1.807, 2.05) is 24.3 Å². The number of pyridine rings is 1. The summed E-state index contributed by atoms with van der Waals surface area (Å²) in [5, 5.41) is 12.6. The minimum absolute atomic E-state index is 0.162. The van der Waals surface area contributed by atoms with Crippen LogP contribution in [0.4, 0.5) is 8.78 Å². The molecule has 1 atom stereocenters. The van der Waals surface area contributed by atoms with E-state index in [4.69, 9.17) is 4.52 Å². The first kappa shape index (κ1) is 22.2. The summed E-state index contributed by atoms with van der Waals surface area (Å²) >= 11 is 0. The summed E-state index contributed by atoms with van der Waals surface area (Å²) in [5.41, 5.74) is 3.65. The molecule has 0 saturated carbocycles. The van der Waals surface area contributed by atoms with Crippen LogP contribution < -0.4 is 0 Å². The molecule has 180 valence electrons. The Morgan fingerprint density at radius 1 is 0.972 bits per heavy atom. The molecule has 1 aliphatic heterocycles.